The minimum atomic E-state index is -1.45. The average molecular weight is 200 g/mol. The van der Waals surface area contributed by atoms with Crippen molar-refractivity contribution in [3.8, 4) is 0 Å². The molecule has 2 unspecified atom stereocenters. The number of hydrogen-bond acceptors (Lipinski definition) is 4. The second-order valence-electron chi connectivity index (χ2n) is 3.67. The maximum Gasteiger partial charge on any atom is 0.475 e. The third-order valence-electron chi connectivity index (χ3n) is 2.68. The number of carbonyl (C=O) groups is 1. The molecule has 2 atom stereocenters. The van der Waals surface area contributed by atoms with Crippen LogP contribution in [0.5, 0.6) is 0 Å². The first-order valence-corrected chi connectivity index (χ1v) is 5.00. The molecule has 1 saturated heterocycles. The van der Waals surface area contributed by atoms with Crippen LogP contribution in [0.3, 0.4) is 0 Å². The van der Waals surface area contributed by atoms with Crippen LogP contribution in [0.2, 0.25) is 0 Å². The van der Waals surface area contributed by atoms with E-state index in [1.165, 1.54) is 4.90 Å². The molecule has 14 heavy (non-hydrogen) atoms. The van der Waals surface area contributed by atoms with Crippen LogP contribution in [0.25, 0.3) is 0 Å². The summed E-state index contributed by atoms with van der Waals surface area (Å²) in [4.78, 5) is 13.2. The summed E-state index contributed by atoms with van der Waals surface area (Å²) in [6.45, 7) is 2.41. The van der Waals surface area contributed by atoms with Crippen molar-refractivity contribution in [2.24, 2.45) is 5.73 Å². The summed E-state index contributed by atoms with van der Waals surface area (Å²) < 4.78 is 0. The first-order valence-electron chi connectivity index (χ1n) is 5.00. The summed E-state index contributed by atoms with van der Waals surface area (Å²) in [5, 5.41) is 18.1. The largest absolute Gasteiger partial charge is 0.475 e. The Hall–Kier alpha value is -0.585. The van der Waals surface area contributed by atoms with Crippen LogP contribution in [-0.2, 0) is 4.79 Å². The van der Waals surface area contributed by atoms with Gasteiger partial charge in [0.15, 0.2) is 0 Å². The van der Waals surface area contributed by atoms with Gasteiger partial charge in [-0.15, -0.1) is 0 Å². The Labute approximate surface area is 84.0 Å². The smallest absolute Gasteiger partial charge is 0.426 e. The number of nitrogens with zero attached hydrogens (tertiary/aromatic N) is 1. The SMILES string of the molecule is CCC(N)C(=O)N1CCCC1B(O)O. The van der Waals surface area contributed by atoms with Crippen LogP contribution in [-0.4, -0.2) is 46.5 Å². The normalized spacial score (nSPS) is 23.7. The van der Waals surface area contributed by atoms with E-state index in [1.807, 2.05) is 6.92 Å². The first kappa shape index (κ1) is 11.5. The molecule has 0 saturated carbocycles. The number of likely N-dealkylation sites (tertiary alicyclic amines) is 1. The van der Waals surface area contributed by atoms with E-state index in [1.54, 1.807) is 0 Å². The zero-order valence-corrected chi connectivity index (χ0v) is 8.39. The van der Waals surface area contributed by atoms with Crippen LogP contribution in [0, 0.1) is 0 Å². The van der Waals surface area contributed by atoms with E-state index in [-0.39, 0.29) is 5.91 Å². The van der Waals surface area contributed by atoms with Crippen molar-refractivity contribution in [2.45, 2.75) is 38.2 Å². The van der Waals surface area contributed by atoms with Gasteiger partial charge in [0.1, 0.15) is 0 Å². The van der Waals surface area contributed by atoms with Gasteiger partial charge in [0.05, 0.1) is 12.0 Å². The maximum atomic E-state index is 11.7. The topological polar surface area (TPSA) is 86.8 Å². The molecule has 0 bridgehead atoms. The molecule has 5 nitrogen and oxygen atoms in total. The van der Waals surface area contributed by atoms with Crippen molar-refractivity contribution in [3.05, 3.63) is 0 Å². The predicted molar refractivity (Wildman–Crippen MR) is 53.2 cm³/mol. The highest BCUT2D eigenvalue weighted by molar-refractivity contribution is 6.43. The highest BCUT2D eigenvalue weighted by atomic mass is 16.4. The predicted octanol–water partition coefficient (Wildman–Crippen LogP) is -1.27. The summed E-state index contributed by atoms with van der Waals surface area (Å²) in [5.41, 5.74) is 5.60. The summed E-state index contributed by atoms with van der Waals surface area (Å²) in [5.74, 6) is -0.650. The van der Waals surface area contributed by atoms with Crippen LogP contribution < -0.4 is 5.73 Å². The Morgan fingerprint density at radius 1 is 1.71 bits per heavy atom. The standard InChI is InChI=1S/C8H17BN2O3/c1-2-6(10)8(12)11-5-3-4-7(11)9(13)14/h6-7,13-14H,2-5,10H2,1H3. The average Bonchev–Trinajstić information content (AvgIpc) is 2.63. The molecule has 1 rings (SSSR count). The van der Waals surface area contributed by atoms with Gasteiger partial charge in [-0.1, -0.05) is 6.92 Å². The van der Waals surface area contributed by atoms with Crippen molar-refractivity contribution < 1.29 is 14.8 Å². The fourth-order valence-electron chi connectivity index (χ4n) is 1.76. The van der Waals surface area contributed by atoms with Gasteiger partial charge in [-0.2, -0.15) is 0 Å². The van der Waals surface area contributed by atoms with Gasteiger partial charge in [0.25, 0.3) is 0 Å². The second-order valence-corrected chi connectivity index (χ2v) is 3.67. The minimum Gasteiger partial charge on any atom is -0.426 e. The number of rotatable bonds is 3. The molecule has 4 N–H and O–H groups in total. The lowest BCUT2D eigenvalue weighted by Gasteiger charge is -2.26. The molecule has 0 aromatic rings. The Morgan fingerprint density at radius 2 is 2.36 bits per heavy atom. The Morgan fingerprint density at radius 3 is 2.86 bits per heavy atom. The van der Waals surface area contributed by atoms with Gasteiger partial charge in [-0.25, -0.2) is 0 Å². The van der Waals surface area contributed by atoms with Gasteiger partial charge < -0.3 is 20.7 Å². The molecule has 6 heteroatoms. The fourth-order valence-corrected chi connectivity index (χ4v) is 1.76. The summed E-state index contributed by atoms with van der Waals surface area (Å²) in [6, 6.07) is -0.519. The van der Waals surface area contributed by atoms with Crippen molar-refractivity contribution in [1.82, 2.24) is 4.90 Å². The van der Waals surface area contributed by atoms with Gasteiger partial charge in [0.2, 0.25) is 5.91 Å². The third-order valence-corrected chi connectivity index (χ3v) is 2.68. The Kier molecular flexibility index (Phi) is 3.91. The highest BCUT2D eigenvalue weighted by Crippen LogP contribution is 2.19. The summed E-state index contributed by atoms with van der Waals surface area (Å²) in [6.07, 6.45) is 2.02. The summed E-state index contributed by atoms with van der Waals surface area (Å²) >= 11 is 0. The zero-order valence-electron chi connectivity index (χ0n) is 8.39. The second kappa shape index (κ2) is 4.77. The molecule has 1 aliphatic heterocycles. The maximum absolute atomic E-state index is 11.7. The number of amides is 1. The lowest BCUT2D eigenvalue weighted by Crippen LogP contribution is -2.51. The first-order chi connectivity index (χ1) is 6.57. The highest BCUT2D eigenvalue weighted by Gasteiger charge is 2.37. The molecule has 1 aliphatic rings. The van der Waals surface area contributed by atoms with Gasteiger partial charge in [-0.05, 0) is 19.3 Å². The quantitative estimate of drug-likeness (QED) is 0.495. The van der Waals surface area contributed by atoms with Crippen molar-refractivity contribution in [3.63, 3.8) is 0 Å². The lowest BCUT2D eigenvalue weighted by molar-refractivity contribution is -0.132. The molecule has 1 heterocycles. The molecule has 0 radical (unpaired) electrons. The van der Waals surface area contributed by atoms with Crippen LogP contribution >= 0.6 is 0 Å². The molecule has 0 aromatic heterocycles. The van der Waals surface area contributed by atoms with Gasteiger partial charge >= 0.3 is 7.12 Å². The molecular weight excluding hydrogens is 183 g/mol. The molecular formula is C8H17BN2O3. The van der Waals surface area contributed by atoms with E-state index >= 15 is 0 Å². The number of nitrogens with two attached hydrogens (primary N) is 1. The van der Waals surface area contributed by atoms with Gasteiger partial charge in [0, 0.05) is 6.54 Å². The van der Waals surface area contributed by atoms with E-state index in [0.29, 0.717) is 19.4 Å². The lowest BCUT2D eigenvalue weighted by atomic mass is 9.77. The fraction of sp³-hybridized carbons (Fsp3) is 0.875. The van der Waals surface area contributed by atoms with Crippen LogP contribution in [0.15, 0.2) is 0 Å². The van der Waals surface area contributed by atoms with E-state index in [0.717, 1.165) is 6.42 Å². The molecule has 80 valence electrons. The molecule has 0 aromatic carbocycles. The van der Waals surface area contributed by atoms with E-state index in [2.05, 4.69) is 0 Å². The van der Waals surface area contributed by atoms with Crippen molar-refractivity contribution >= 4 is 13.0 Å². The van der Waals surface area contributed by atoms with Gasteiger partial charge in [-0.3, -0.25) is 4.79 Å². The Balaban J connectivity index is 2.62. The van der Waals surface area contributed by atoms with E-state index < -0.39 is 19.1 Å². The molecule has 1 amide bonds. The molecule has 1 fully saturated rings. The zero-order chi connectivity index (χ0) is 10.7. The molecule has 0 aliphatic carbocycles. The van der Waals surface area contributed by atoms with E-state index in [4.69, 9.17) is 15.8 Å². The molecule has 0 spiro atoms. The van der Waals surface area contributed by atoms with Crippen molar-refractivity contribution in [2.75, 3.05) is 6.54 Å². The monoisotopic (exact) mass is 200 g/mol. The third kappa shape index (κ3) is 2.26. The Bertz CT molecular complexity index is 213. The number of hydrogen-bond donors (Lipinski definition) is 3. The van der Waals surface area contributed by atoms with E-state index in [9.17, 15) is 4.79 Å². The number of carbonyl (C=O) groups excluding carboxylic acids is 1. The van der Waals surface area contributed by atoms with Crippen molar-refractivity contribution in [1.29, 1.82) is 0 Å². The van der Waals surface area contributed by atoms with Crippen LogP contribution in [0.4, 0.5) is 0 Å². The summed E-state index contributed by atoms with van der Waals surface area (Å²) in [7, 11) is -1.45. The van der Waals surface area contributed by atoms with Crippen LogP contribution in [0.1, 0.15) is 26.2 Å². The minimum absolute atomic E-state index is 0.178.